The van der Waals surface area contributed by atoms with E-state index in [0.29, 0.717) is 30.0 Å². The number of ether oxygens (including phenoxy) is 1. The Balaban J connectivity index is 1.68. The van der Waals surface area contributed by atoms with Crippen molar-refractivity contribution in [3.8, 4) is 16.9 Å². The summed E-state index contributed by atoms with van der Waals surface area (Å²) in [6.45, 7) is 4.47. The number of hydrogen-bond donors (Lipinski definition) is 2. The van der Waals surface area contributed by atoms with E-state index in [0.717, 1.165) is 17.5 Å². The van der Waals surface area contributed by atoms with E-state index < -0.39 is 6.10 Å². The van der Waals surface area contributed by atoms with Crippen LogP contribution in [0.25, 0.3) is 11.1 Å². The first-order valence-electron chi connectivity index (χ1n) is 10.6. The first-order valence-corrected chi connectivity index (χ1v) is 10.6. The zero-order chi connectivity index (χ0) is 22.1. The van der Waals surface area contributed by atoms with Crippen LogP contribution >= 0.6 is 0 Å². The molecule has 160 valence electrons. The number of para-hydroxylation sites is 1. The van der Waals surface area contributed by atoms with Crippen LogP contribution in [0.2, 0.25) is 0 Å². The van der Waals surface area contributed by atoms with Crippen LogP contribution in [0.4, 0.5) is 5.69 Å². The Kier molecular flexibility index (Phi) is 7.82. The second kappa shape index (κ2) is 11.0. The van der Waals surface area contributed by atoms with Crippen LogP contribution in [0.15, 0.2) is 78.9 Å². The maximum Gasteiger partial charge on any atom is 0.265 e. The number of anilines is 1. The van der Waals surface area contributed by atoms with Crippen LogP contribution in [0.5, 0.6) is 5.75 Å². The summed E-state index contributed by atoms with van der Waals surface area (Å²) in [4.78, 5) is 25.2. The van der Waals surface area contributed by atoms with Crippen molar-refractivity contribution in [2.45, 2.75) is 32.8 Å². The fourth-order valence-corrected chi connectivity index (χ4v) is 3.18. The van der Waals surface area contributed by atoms with Gasteiger partial charge in [-0.15, -0.1) is 0 Å². The molecular weight excluding hydrogens is 388 g/mol. The van der Waals surface area contributed by atoms with Crippen LogP contribution in [0.3, 0.4) is 0 Å². The van der Waals surface area contributed by atoms with Crippen molar-refractivity contribution < 1.29 is 14.3 Å². The summed E-state index contributed by atoms with van der Waals surface area (Å²) in [5.41, 5.74) is 3.11. The fraction of sp³-hybridized carbons (Fsp3) is 0.231. The van der Waals surface area contributed by atoms with Gasteiger partial charge < -0.3 is 15.4 Å². The summed E-state index contributed by atoms with van der Waals surface area (Å²) in [6.07, 6.45) is 0.667. The highest BCUT2D eigenvalue weighted by atomic mass is 16.5. The fourth-order valence-electron chi connectivity index (χ4n) is 3.18. The minimum atomic E-state index is -0.672. The summed E-state index contributed by atoms with van der Waals surface area (Å²) in [5.74, 6) is 0.129. The number of hydrogen-bond acceptors (Lipinski definition) is 3. The molecule has 0 saturated carbocycles. The number of rotatable bonds is 9. The van der Waals surface area contributed by atoms with Gasteiger partial charge in [0, 0.05) is 6.54 Å². The van der Waals surface area contributed by atoms with Crippen molar-refractivity contribution in [2.24, 2.45) is 0 Å². The van der Waals surface area contributed by atoms with Crippen LogP contribution in [-0.2, 0) is 4.79 Å². The maximum absolute atomic E-state index is 12.9. The second-order valence-electron chi connectivity index (χ2n) is 7.20. The standard InChI is InChI=1S/C26H28N2O3/c1-3-18-27-25(29)22-12-8-9-13-23(22)28-26(30)24(4-2)31-21-16-14-20(15-17-21)19-10-6-5-7-11-19/h5-17,24H,3-4,18H2,1-2H3,(H,27,29)(H,28,30). The molecule has 3 aromatic carbocycles. The minimum absolute atomic E-state index is 0.205. The monoisotopic (exact) mass is 416 g/mol. The van der Waals surface area contributed by atoms with E-state index in [1.165, 1.54) is 0 Å². The molecule has 0 radical (unpaired) electrons. The molecule has 0 aliphatic carbocycles. The Labute approximate surface area is 183 Å². The number of nitrogens with one attached hydrogen (secondary N) is 2. The van der Waals surface area contributed by atoms with Gasteiger partial charge in [0.15, 0.2) is 6.10 Å². The summed E-state index contributed by atoms with van der Waals surface area (Å²) in [7, 11) is 0. The van der Waals surface area contributed by atoms with Gasteiger partial charge in [0.1, 0.15) is 5.75 Å². The zero-order valence-electron chi connectivity index (χ0n) is 17.9. The lowest BCUT2D eigenvalue weighted by molar-refractivity contribution is -0.122. The van der Waals surface area contributed by atoms with Crippen molar-refractivity contribution in [3.63, 3.8) is 0 Å². The summed E-state index contributed by atoms with van der Waals surface area (Å²) in [6, 6.07) is 24.7. The van der Waals surface area contributed by atoms with Crippen LogP contribution < -0.4 is 15.4 Å². The van der Waals surface area contributed by atoms with Gasteiger partial charge in [0.2, 0.25) is 0 Å². The van der Waals surface area contributed by atoms with E-state index in [2.05, 4.69) is 10.6 Å². The zero-order valence-corrected chi connectivity index (χ0v) is 17.9. The molecule has 1 unspecified atom stereocenters. The predicted molar refractivity (Wildman–Crippen MR) is 124 cm³/mol. The Morgan fingerprint density at radius 2 is 1.48 bits per heavy atom. The third-order valence-corrected chi connectivity index (χ3v) is 4.87. The van der Waals surface area contributed by atoms with Crippen molar-refractivity contribution in [3.05, 3.63) is 84.4 Å². The second-order valence-corrected chi connectivity index (χ2v) is 7.20. The molecule has 5 heteroatoms. The van der Waals surface area contributed by atoms with Gasteiger partial charge in [-0.25, -0.2) is 0 Å². The minimum Gasteiger partial charge on any atom is -0.481 e. The number of carbonyl (C=O) groups excluding carboxylic acids is 2. The van der Waals surface area contributed by atoms with Gasteiger partial charge in [-0.1, -0.05) is 68.4 Å². The summed E-state index contributed by atoms with van der Waals surface area (Å²) in [5, 5.41) is 5.69. The molecule has 5 nitrogen and oxygen atoms in total. The molecule has 2 N–H and O–H groups in total. The summed E-state index contributed by atoms with van der Waals surface area (Å²) < 4.78 is 5.94. The van der Waals surface area contributed by atoms with Gasteiger partial charge >= 0.3 is 0 Å². The lowest BCUT2D eigenvalue weighted by Crippen LogP contribution is -2.33. The van der Waals surface area contributed by atoms with Gasteiger partial charge in [-0.3, -0.25) is 9.59 Å². The van der Waals surface area contributed by atoms with Gasteiger partial charge in [-0.2, -0.15) is 0 Å². The Morgan fingerprint density at radius 3 is 2.16 bits per heavy atom. The highest BCUT2D eigenvalue weighted by Gasteiger charge is 2.21. The van der Waals surface area contributed by atoms with Gasteiger partial charge in [0.25, 0.3) is 11.8 Å². The van der Waals surface area contributed by atoms with Crippen molar-refractivity contribution >= 4 is 17.5 Å². The number of amides is 2. The van der Waals surface area contributed by atoms with Crippen molar-refractivity contribution in [1.29, 1.82) is 0 Å². The van der Waals surface area contributed by atoms with E-state index in [1.807, 2.05) is 68.4 Å². The largest absolute Gasteiger partial charge is 0.481 e. The molecule has 3 aromatic rings. The third-order valence-electron chi connectivity index (χ3n) is 4.87. The van der Waals surface area contributed by atoms with Crippen LogP contribution in [0, 0.1) is 0 Å². The average molecular weight is 417 g/mol. The first-order chi connectivity index (χ1) is 15.1. The molecule has 0 heterocycles. The molecule has 0 aliphatic heterocycles. The normalized spacial score (nSPS) is 11.4. The predicted octanol–water partition coefficient (Wildman–Crippen LogP) is 5.29. The Morgan fingerprint density at radius 1 is 0.839 bits per heavy atom. The van der Waals surface area contributed by atoms with E-state index in [4.69, 9.17) is 4.74 Å². The number of carbonyl (C=O) groups is 2. The molecule has 1 atom stereocenters. The molecule has 3 rings (SSSR count). The smallest absolute Gasteiger partial charge is 0.265 e. The highest BCUT2D eigenvalue weighted by Crippen LogP contribution is 2.23. The van der Waals surface area contributed by atoms with Crippen molar-refractivity contribution in [2.75, 3.05) is 11.9 Å². The molecule has 0 fully saturated rings. The Hall–Kier alpha value is -3.60. The average Bonchev–Trinajstić information content (AvgIpc) is 2.82. The highest BCUT2D eigenvalue weighted by molar-refractivity contribution is 6.04. The third kappa shape index (κ3) is 5.95. The van der Waals surface area contributed by atoms with E-state index in [-0.39, 0.29) is 11.8 Å². The molecular formula is C26H28N2O3. The SMILES string of the molecule is CCCNC(=O)c1ccccc1NC(=O)C(CC)Oc1ccc(-c2ccccc2)cc1. The number of benzene rings is 3. The molecule has 0 aliphatic rings. The lowest BCUT2D eigenvalue weighted by atomic mass is 10.1. The van der Waals surface area contributed by atoms with E-state index in [1.54, 1.807) is 24.3 Å². The van der Waals surface area contributed by atoms with E-state index in [9.17, 15) is 9.59 Å². The van der Waals surface area contributed by atoms with Gasteiger partial charge in [0.05, 0.1) is 11.3 Å². The lowest BCUT2D eigenvalue weighted by Gasteiger charge is -2.19. The molecule has 2 amide bonds. The molecule has 0 spiro atoms. The van der Waals surface area contributed by atoms with Gasteiger partial charge in [-0.05, 0) is 48.2 Å². The molecule has 0 bridgehead atoms. The van der Waals surface area contributed by atoms with Crippen LogP contribution in [-0.4, -0.2) is 24.5 Å². The first kappa shape index (κ1) is 22.1. The van der Waals surface area contributed by atoms with E-state index >= 15 is 0 Å². The Bertz CT molecular complexity index is 1000. The van der Waals surface area contributed by atoms with Crippen LogP contribution in [0.1, 0.15) is 37.0 Å². The topological polar surface area (TPSA) is 67.4 Å². The maximum atomic E-state index is 12.9. The van der Waals surface area contributed by atoms with Crippen molar-refractivity contribution in [1.82, 2.24) is 5.32 Å². The quantitative estimate of drug-likeness (QED) is 0.498. The molecule has 31 heavy (non-hydrogen) atoms. The summed E-state index contributed by atoms with van der Waals surface area (Å²) >= 11 is 0. The molecule has 0 saturated heterocycles. The molecule has 0 aromatic heterocycles.